The van der Waals surface area contributed by atoms with Crippen molar-refractivity contribution in [1.29, 1.82) is 0 Å². The summed E-state index contributed by atoms with van der Waals surface area (Å²) in [5.74, 6) is 0. The molecule has 16 valence electrons. The Hall–Kier alpha value is 2.52. The van der Waals surface area contributed by atoms with Crippen LogP contribution in [0.15, 0.2) is 0 Å². The fourth-order valence-corrected chi connectivity index (χ4v) is 0. The van der Waals surface area contributed by atoms with Gasteiger partial charge in [0.15, 0.2) is 0 Å². The van der Waals surface area contributed by atoms with E-state index in [1.54, 1.807) is 0 Å². The minimum absolute atomic E-state index is 0. The van der Waals surface area contributed by atoms with Crippen molar-refractivity contribution in [2.75, 3.05) is 0 Å². The fourth-order valence-electron chi connectivity index (χ4n) is 0. The van der Waals surface area contributed by atoms with Crippen LogP contribution in [-0.4, -0.2) is 24.3 Å². The molecule has 2 nitrogen and oxygen atoms in total. The van der Waals surface area contributed by atoms with E-state index in [1.165, 1.54) is 0 Å². The van der Waals surface area contributed by atoms with E-state index in [0.29, 0.717) is 0 Å². The van der Waals surface area contributed by atoms with Crippen LogP contribution in [-0.2, 0) is 5.37 Å². The molecule has 0 aliphatic carbocycles. The number of hydrogen-bond donors (Lipinski definition) is 0. The van der Waals surface area contributed by atoms with Gasteiger partial charge in [-0.05, 0) is 0 Å². The third kappa shape index (κ3) is 21.0. The molecular weight excluding hydrogens is 285 g/mol. The summed E-state index contributed by atoms with van der Waals surface area (Å²) >= 11 is -2.42. The average Bonchev–Trinajstić information content (AvgIpc) is 0.918. The van der Waals surface area contributed by atoms with Gasteiger partial charge >= 0.3 is 88.7 Å². The molecule has 5 heteroatoms. The van der Waals surface area contributed by atoms with E-state index in [1.807, 2.05) is 0 Å². The second kappa shape index (κ2) is 16.0. The number of rotatable bonds is 0. The summed E-state index contributed by atoms with van der Waals surface area (Å²) in [5, 5.41) is 0. The normalized spacial score (nSPS) is 1.60. The van der Waals surface area contributed by atoms with Gasteiger partial charge in [-0.25, -0.2) is 0 Å². The Morgan fingerprint density at radius 1 is 1.00 bits per heavy atom. The summed E-state index contributed by atoms with van der Waals surface area (Å²) in [5.41, 5.74) is 0. The molecule has 0 fully saturated rings. The third-order valence-electron chi connectivity index (χ3n) is 0. The van der Waals surface area contributed by atoms with Crippen molar-refractivity contribution >= 4 is 24.3 Å². The van der Waals surface area contributed by atoms with Gasteiger partial charge in [-0.3, -0.25) is 0 Å². The van der Waals surface area contributed by atoms with Gasteiger partial charge < -0.3 is 0 Å². The maximum atomic E-state index is 8.57. The molecule has 0 saturated carbocycles. The van der Waals surface area contributed by atoms with E-state index in [2.05, 4.69) is 0 Å². The maximum absolute atomic E-state index is 8.57. The van der Waals surface area contributed by atoms with E-state index >= 15 is 0 Å². The van der Waals surface area contributed by atoms with Crippen molar-refractivity contribution in [2.24, 2.45) is 0 Å². The Morgan fingerprint density at radius 2 is 1.00 bits per heavy atom. The Bertz CT molecular complexity index is 28.6. The summed E-state index contributed by atoms with van der Waals surface area (Å²) in [7, 11) is 0. The topological polar surface area (TPSA) is 34.1 Å². The van der Waals surface area contributed by atoms with Crippen LogP contribution in [0.3, 0.4) is 0 Å². The van der Waals surface area contributed by atoms with Gasteiger partial charge in [-0.1, -0.05) is 0 Å². The molecule has 0 bridgehead atoms. The summed E-state index contributed by atoms with van der Waals surface area (Å²) in [6, 6.07) is 0. The minimum atomic E-state index is -2.42. The van der Waals surface area contributed by atoms with E-state index in [9.17, 15) is 0 Å². The third-order valence-corrected chi connectivity index (χ3v) is 0. The van der Waals surface area contributed by atoms with Gasteiger partial charge in [-0.2, -0.15) is 0 Å². The molecular formula is Na2O2Pb+2. The van der Waals surface area contributed by atoms with Crippen LogP contribution in [0.25, 0.3) is 0 Å². The van der Waals surface area contributed by atoms with Crippen molar-refractivity contribution in [3.8, 4) is 0 Å². The SMILES string of the molecule is [Na+].[Na+].[O]=[Pb]=[O]. The molecule has 5 heavy (non-hydrogen) atoms. The van der Waals surface area contributed by atoms with Crippen molar-refractivity contribution in [1.82, 2.24) is 0 Å². The summed E-state index contributed by atoms with van der Waals surface area (Å²) in [6.45, 7) is 0. The second-order valence-corrected chi connectivity index (χ2v) is 0.731. The molecule has 0 heterocycles. The van der Waals surface area contributed by atoms with E-state index in [0.717, 1.165) is 0 Å². The first-order valence-corrected chi connectivity index (χ1v) is 3.58. The molecule has 0 aromatic rings. The molecule has 0 unspecified atom stereocenters. The predicted octanol–water partition coefficient (Wildman–Crippen LogP) is -6.61. The molecule has 0 aromatic heterocycles. The molecule has 0 rings (SSSR count). The van der Waals surface area contributed by atoms with Crippen LogP contribution in [0.5, 0.6) is 0 Å². The first kappa shape index (κ1) is 15.6. The summed E-state index contributed by atoms with van der Waals surface area (Å²) in [6.07, 6.45) is 0. The molecule has 0 aliphatic rings. The van der Waals surface area contributed by atoms with Crippen LogP contribution in [0, 0.1) is 0 Å². The predicted molar refractivity (Wildman–Crippen MR) is 7.13 cm³/mol. The molecule has 0 radical (unpaired) electrons. The molecule has 0 atom stereocenters. The molecule has 0 amide bonds. The Kier molecular flexibility index (Phi) is 50.2. The summed E-state index contributed by atoms with van der Waals surface area (Å²) < 4.78 is 17.1. The van der Waals surface area contributed by atoms with Crippen molar-refractivity contribution < 1.29 is 64.5 Å². The zero-order valence-corrected chi connectivity index (χ0v) is 11.2. The Morgan fingerprint density at radius 3 is 1.00 bits per heavy atom. The van der Waals surface area contributed by atoms with Crippen molar-refractivity contribution in [3.63, 3.8) is 0 Å². The van der Waals surface area contributed by atoms with E-state index < -0.39 is 24.3 Å². The van der Waals surface area contributed by atoms with Crippen LogP contribution >= 0.6 is 0 Å². The first-order chi connectivity index (χ1) is 1.41. The van der Waals surface area contributed by atoms with Crippen LogP contribution < -0.4 is 59.1 Å². The molecule has 0 saturated heterocycles. The van der Waals surface area contributed by atoms with Gasteiger partial charge in [0.25, 0.3) is 0 Å². The van der Waals surface area contributed by atoms with E-state index in [4.69, 9.17) is 5.37 Å². The van der Waals surface area contributed by atoms with Crippen molar-refractivity contribution in [3.05, 3.63) is 0 Å². The fraction of sp³-hybridized carbons (Fsp3) is 0. The van der Waals surface area contributed by atoms with Crippen LogP contribution in [0.1, 0.15) is 0 Å². The quantitative estimate of drug-likeness (QED) is 0.415. The van der Waals surface area contributed by atoms with Gasteiger partial charge in [0.1, 0.15) is 0 Å². The standard InChI is InChI=1S/2Na.2O.Pb/q2*+1;;;. The van der Waals surface area contributed by atoms with Crippen LogP contribution in [0.4, 0.5) is 0 Å². The summed E-state index contributed by atoms with van der Waals surface area (Å²) in [4.78, 5) is 0. The van der Waals surface area contributed by atoms with Gasteiger partial charge in [0.2, 0.25) is 0 Å². The monoisotopic (exact) mass is 286 g/mol. The van der Waals surface area contributed by atoms with Crippen LogP contribution in [0.2, 0.25) is 0 Å². The molecule has 0 aliphatic heterocycles. The first-order valence-electron chi connectivity index (χ1n) is 0.408. The molecule has 0 spiro atoms. The Balaban J connectivity index is -0.0000000200. The molecule has 0 aromatic carbocycles. The molecule has 0 N–H and O–H groups in total. The van der Waals surface area contributed by atoms with Gasteiger partial charge in [0, 0.05) is 0 Å². The zero-order valence-electron chi connectivity index (χ0n) is 3.32. The van der Waals surface area contributed by atoms with Crippen molar-refractivity contribution in [2.45, 2.75) is 0 Å². The average molecular weight is 285 g/mol. The number of hydrogen-bond acceptors (Lipinski definition) is 2. The zero-order chi connectivity index (χ0) is 2.71. The second-order valence-electron chi connectivity index (χ2n) is 0.0833. The Labute approximate surface area is 86.8 Å². The van der Waals surface area contributed by atoms with Gasteiger partial charge in [0.05, 0.1) is 0 Å². The van der Waals surface area contributed by atoms with Gasteiger partial charge in [-0.15, -0.1) is 0 Å². The van der Waals surface area contributed by atoms with E-state index in [-0.39, 0.29) is 59.1 Å².